The summed E-state index contributed by atoms with van der Waals surface area (Å²) in [5, 5.41) is 0.625. The maximum absolute atomic E-state index is 12.2. The van der Waals surface area contributed by atoms with Crippen molar-refractivity contribution in [3.05, 3.63) is 63.4 Å². The highest BCUT2D eigenvalue weighted by molar-refractivity contribution is 6.36. The molecule has 0 spiro atoms. The number of pyridine rings is 1. The van der Waals surface area contributed by atoms with Crippen LogP contribution >= 0.6 is 23.2 Å². The van der Waals surface area contributed by atoms with Crippen LogP contribution in [-0.2, 0) is 5.41 Å². The molecule has 2 rings (SSSR count). The van der Waals surface area contributed by atoms with E-state index >= 15 is 0 Å². The fraction of sp³-hybridized carbons (Fsp3) is 0.235. The van der Waals surface area contributed by atoms with Gasteiger partial charge in [0.05, 0.1) is 10.6 Å². The van der Waals surface area contributed by atoms with Gasteiger partial charge in [0.2, 0.25) is 0 Å². The molecule has 1 heterocycles. The molecule has 1 aromatic carbocycles. The van der Waals surface area contributed by atoms with E-state index in [-0.39, 0.29) is 16.0 Å². The molecule has 1 aromatic heterocycles. The molecule has 0 unspecified atom stereocenters. The third kappa shape index (κ3) is 4.46. The van der Waals surface area contributed by atoms with Crippen LogP contribution in [0.4, 0.5) is 0 Å². The first-order valence-corrected chi connectivity index (χ1v) is 7.96. The summed E-state index contributed by atoms with van der Waals surface area (Å²) in [7, 11) is 0. The van der Waals surface area contributed by atoms with Crippen molar-refractivity contribution in [3.63, 3.8) is 0 Å². The monoisotopic (exact) mass is 365 g/mol. The number of nitrogens with zero attached hydrogens (tertiary/aromatic N) is 1. The van der Waals surface area contributed by atoms with Crippen LogP contribution in [0, 0.1) is 0 Å². The van der Waals surface area contributed by atoms with E-state index in [1.54, 1.807) is 24.4 Å². The second-order valence-corrected chi connectivity index (χ2v) is 7.06. The Hall–Kier alpha value is -2.11. The van der Waals surface area contributed by atoms with Gasteiger partial charge in [0.1, 0.15) is 0 Å². The molecule has 0 bridgehead atoms. The van der Waals surface area contributed by atoms with Crippen molar-refractivity contribution in [2.45, 2.75) is 26.2 Å². The molecule has 0 aliphatic carbocycles. The summed E-state index contributed by atoms with van der Waals surface area (Å²) >= 11 is 11.8. The lowest BCUT2D eigenvalue weighted by molar-refractivity contribution is 0.0846. The Labute approximate surface area is 150 Å². The van der Waals surface area contributed by atoms with Gasteiger partial charge in [-0.1, -0.05) is 44.0 Å². The van der Waals surface area contributed by atoms with Crippen molar-refractivity contribution in [2.24, 2.45) is 0 Å². The van der Waals surface area contributed by atoms with Gasteiger partial charge >= 0.3 is 0 Å². The summed E-state index contributed by atoms with van der Waals surface area (Å²) < 4.78 is 0. The lowest BCUT2D eigenvalue weighted by Crippen LogP contribution is -2.41. The van der Waals surface area contributed by atoms with Gasteiger partial charge in [0, 0.05) is 27.9 Å². The lowest BCUT2D eigenvalue weighted by atomic mass is 9.91. The van der Waals surface area contributed by atoms with Crippen molar-refractivity contribution in [1.29, 1.82) is 0 Å². The molecule has 0 fully saturated rings. The molecule has 0 aliphatic heterocycles. The molecule has 2 N–H and O–H groups in total. The minimum atomic E-state index is -0.532. The van der Waals surface area contributed by atoms with Gasteiger partial charge in [0.25, 0.3) is 11.8 Å². The van der Waals surface area contributed by atoms with E-state index in [1.807, 2.05) is 20.8 Å². The largest absolute Gasteiger partial charge is 0.271 e. The first kappa shape index (κ1) is 18.2. The van der Waals surface area contributed by atoms with Crippen LogP contribution in [0.5, 0.6) is 0 Å². The third-order valence-corrected chi connectivity index (χ3v) is 3.80. The molecule has 0 saturated heterocycles. The molecular weight excluding hydrogens is 349 g/mol. The third-order valence-electron chi connectivity index (χ3n) is 3.26. The Morgan fingerprint density at radius 2 is 1.67 bits per heavy atom. The molecule has 0 atom stereocenters. The van der Waals surface area contributed by atoms with Crippen LogP contribution in [0.2, 0.25) is 10.0 Å². The van der Waals surface area contributed by atoms with Crippen LogP contribution in [0.25, 0.3) is 0 Å². The van der Waals surface area contributed by atoms with Crippen LogP contribution < -0.4 is 10.9 Å². The summed E-state index contributed by atoms with van der Waals surface area (Å²) in [6.45, 7) is 6.00. The van der Waals surface area contributed by atoms with Gasteiger partial charge in [-0.15, -0.1) is 0 Å². The fourth-order valence-corrected chi connectivity index (χ4v) is 2.40. The minimum absolute atomic E-state index is 0.184. The first-order valence-electron chi connectivity index (χ1n) is 7.21. The van der Waals surface area contributed by atoms with Gasteiger partial charge < -0.3 is 0 Å². The number of halogens is 2. The number of nitrogens with one attached hydrogen (secondary N) is 2. The Bertz CT molecular complexity index is 786. The summed E-state index contributed by atoms with van der Waals surface area (Å²) in [6.07, 6.45) is 1.56. The van der Waals surface area contributed by atoms with Crippen LogP contribution in [-0.4, -0.2) is 16.8 Å². The molecule has 126 valence electrons. The standard InChI is InChI=1S/C17H17Cl2N3O2/c1-17(2,3)14-8-10(6-7-20-14)15(23)21-22-16(24)12-5-4-11(18)9-13(12)19/h4-9H,1-3H3,(H,21,23)(H,22,24). The van der Waals surface area contributed by atoms with Crippen molar-refractivity contribution >= 4 is 35.0 Å². The number of carbonyl (C=O) groups excluding carboxylic acids is 2. The number of amides is 2. The highest BCUT2D eigenvalue weighted by atomic mass is 35.5. The summed E-state index contributed by atoms with van der Waals surface area (Å²) in [6, 6.07) is 7.75. The van der Waals surface area contributed by atoms with E-state index in [1.165, 1.54) is 12.1 Å². The average Bonchev–Trinajstić information content (AvgIpc) is 2.51. The van der Waals surface area contributed by atoms with Gasteiger partial charge in [-0.2, -0.15) is 0 Å². The smallest absolute Gasteiger partial charge is 0.267 e. The van der Waals surface area contributed by atoms with Gasteiger partial charge in [-0.3, -0.25) is 25.4 Å². The maximum atomic E-state index is 12.2. The van der Waals surface area contributed by atoms with Gasteiger partial charge in [0.15, 0.2) is 0 Å². The van der Waals surface area contributed by atoms with E-state index < -0.39 is 11.8 Å². The van der Waals surface area contributed by atoms with Crippen LogP contribution in [0.15, 0.2) is 36.5 Å². The van der Waals surface area contributed by atoms with Crippen molar-refractivity contribution in [2.75, 3.05) is 0 Å². The number of carbonyl (C=O) groups is 2. The van der Waals surface area contributed by atoms with E-state index in [0.717, 1.165) is 5.69 Å². The predicted molar refractivity (Wildman–Crippen MR) is 94.3 cm³/mol. The zero-order valence-corrected chi connectivity index (χ0v) is 15.0. The molecule has 7 heteroatoms. The highest BCUT2D eigenvalue weighted by Crippen LogP contribution is 2.21. The first-order chi connectivity index (χ1) is 11.2. The SMILES string of the molecule is CC(C)(C)c1cc(C(=O)NNC(=O)c2ccc(Cl)cc2Cl)ccn1. The topological polar surface area (TPSA) is 71.1 Å². The number of aromatic nitrogens is 1. The van der Waals surface area contributed by atoms with Crippen molar-refractivity contribution < 1.29 is 9.59 Å². The molecule has 0 saturated carbocycles. The van der Waals surface area contributed by atoms with Gasteiger partial charge in [-0.05, 0) is 30.3 Å². The number of benzene rings is 1. The fourth-order valence-electron chi connectivity index (χ4n) is 1.91. The van der Waals surface area contributed by atoms with Crippen LogP contribution in [0.3, 0.4) is 0 Å². The molecule has 5 nitrogen and oxygen atoms in total. The Morgan fingerprint density at radius 3 is 2.29 bits per heavy atom. The predicted octanol–water partition coefficient (Wildman–Crippen LogP) is 3.76. The Morgan fingerprint density at radius 1 is 1.00 bits per heavy atom. The molecule has 24 heavy (non-hydrogen) atoms. The maximum Gasteiger partial charge on any atom is 0.271 e. The van der Waals surface area contributed by atoms with Crippen molar-refractivity contribution in [3.8, 4) is 0 Å². The lowest BCUT2D eigenvalue weighted by Gasteiger charge is -2.18. The second-order valence-electron chi connectivity index (χ2n) is 6.21. The zero-order chi connectivity index (χ0) is 17.9. The van der Waals surface area contributed by atoms with E-state index in [0.29, 0.717) is 10.6 Å². The normalized spacial score (nSPS) is 11.0. The van der Waals surface area contributed by atoms with Crippen LogP contribution in [0.1, 0.15) is 47.2 Å². The molecule has 0 aliphatic rings. The quantitative estimate of drug-likeness (QED) is 0.795. The number of hydrazine groups is 1. The summed E-state index contributed by atoms with van der Waals surface area (Å²) in [4.78, 5) is 28.5. The molecule has 0 radical (unpaired) electrons. The number of hydrogen-bond donors (Lipinski definition) is 2. The van der Waals surface area contributed by atoms with E-state index in [4.69, 9.17) is 23.2 Å². The Balaban J connectivity index is 2.07. The summed E-state index contributed by atoms with van der Waals surface area (Å²) in [5.74, 6) is -0.976. The summed E-state index contributed by atoms with van der Waals surface area (Å²) in [5.41, 5.74) is 5.90. The molecule has 2 amide bonds. The number of rotatable bonds is 2. The zero-order valence-electron chi connectivity index (χ0n) is 13.5. The average molecular weight is 366 g/mol. The minimum Gasteiger partial charge on any atom is -0.267 e. The van der Waals surface area contributed by atoms with Crippen molar-refractivity contribution in [1.82, 2.24) is 15.8 Å². The molecular formula is C17H17Cl2N3O2. The van der Waals surface area contributed by atoms with E-state index in [2.05, 4.69) is 15.8 Å². The number of hydrogen-bond acceptors (Lipinski definition) is 3. The second kappa shape index (κ2) is 7.20. The Kier molecular flexibility index (Phi) is 5.47. The van der Waals surface area contributed by atoms with E-state index in [9.17, 15) is 9.59 Å². The van der Waals surface area contributed by atoms with Gasteiger partial charge in [-0.25, -0.2) is 0 Å². The molecule has 2 aromatic rings. The highest BCUT2D eigenvalue weighted by Gasteiger charge is 2.18.